The van der Waals surface area contributed by atoms with Gasteiger partial charge in [-0.05, 0) is 65.2 Å². The number of pyridine rings is 1. The fourth-order valence-electron chi connectivity index (χ4n) is 1.79. The Bertz CT molecular complexity index is 756. The molecule has 112 valence electrons. The first-order valence-corrected chi connectivity index (χ1v) is 8.33. The minimum absolute atomic E-state index is 0.136. The molecule has 2 aromatic rings. The molecule has 0 aliphatic heterocycles. The number of aromatic nitrogens is 1. The van der Waals surface area contributed by atoms with Gasteiger partial charge in [-0.1, -0.05) is 11.8 Å². The summed E-state index contributed by atoms with van der Waals surface area (Å²) in [5.74, 6) is 0.0638. The van der Waals surface area contributed by atoms with E-state index in [2.05, 4.69) is 32.3 Å². The highest BCUT2D eigenvalue weighted by Gasteiger charge is 2.10. The van der Waals surface area contributed by atoms with Crippen LogP contribution in [0.15, 0.2) is 40.0 Å². The number of carbonyl (C=O) groups excluding carboxylic acids is 1. The molecule has 0 atom stereocenters. The highest BCUT2D eigenvalue weighted by Crippen LogP contribution is 2.26. The van der Waals surface area contributed by atoms with Crippen molar-refractivity contribution in [1.82, 2.24) is 4.98 Å². The van der Waals surface area contributed by atoms with Crippen molar-refractivity contribution in [3.63, 3.8) is 0 Å². The lowest BCUT2D eigenvalue weighted by atomic mass is 10.1. The minimum atomic E-state index is -0.136. The van der Waals surface area contributed by atoms with Crippen molar-refractivity contribution in [1.29, 1.82) is 5.26 Å². The minimum Gasteiger partial charge on any atom is -0.324 e. The van der Waals surface area contributed by atoms with Crippen molar-refractivity contribution < 1.29 is 4.79 Å². The molecule has 22 heavy (non-hydrogen) atoms. The van der Waals surface area contributed by atoms with E-state index in [1.165, 1.54) is 11.8 Å². The number of amides is 1. The fourth-order valence-corrected chi connectivity index (χ4v) is 3.09. The molecule has 0 saturated carbocycles. The Morgan fingerprint density at radius 3 is 2.86 bits per heavy atom. The molecule has 0 aliphatic carbocycles. The Kier molecular flexibility index (Phi) is 5.58. The predicted molar refractivity (Wildman–Crippen MR) is 91.9 cm³/mol. The number of anilines is 1. The first-order valence-electron chi connectivity index (χ1n) is 6.55. The van der Waals surface area contributed by atoms with Gasteiger partial charge in [-0.2, -0.15) is 5.26 Å². The van der Waals surface area contributed by atoms with Gasteiger partial charge < -0.3 is 5.32 Å². The van der Waals surface area contributed by atoms with Crippen molar-refractivity contribution in [2.45, 2.75) is 18.9 Å². The van der Waals surface area contributed by atoms with Gasteiger partial charge in [-0.3, -0.25) is 4.79 Å². The monoisotopic (exact) mass is 375 g/mol. The molecule has 4 nitrogen and oxygen atoms in total. The Balaban J connectivity index is 2.02. The van der Waals surface area contributed by atoms with Crippen LogP contribution in [0, 0.1) is 25.2 Å². The molecule has 0 radical (unpaired) electrons. The van der Waals surface area contributed by atoms with Gasteiger partial charge in [0.15, 0.2) is 0 Å². The average Bonchev–Trinajstić information content (AvgIpc) is 2.51. The SMILES string of the molecule is Cc1cc(Br)c(NC(=O)CSc2ncccc2C#N)cc1C. The molecule has 1 aromatic carbocycles. The standard InChI is InChI=1S/C16H14BrN3OS/c1-10-6-13(17)14(7-11(10)2)20-15(21)9-22-16-12(8-18)4-3-5-19-16/h3-7H,9H2,1-2H3,(H,20,21). The molecule has 0 fully saturated rings. The molecular weight excluding hydrogens is 362 g/mol. The maximum absolute atomic E-state index is 12.1. The van der Waals surface area contributed by atoms with Crippen LogP contribution in [0.25, 0.3) is 0 Å². The molecule has 2 rings (SSSR count). The van der Waals surface area contributed by atoms with E-state index in [9.17, 15) is 4.79 Å². The van der Waals surface area contributed by atoms with Crippen LogP contribution in [0.2, 0.25) is 0 Å². The van der Waals surface area contributed by atoms with Gasteiger partial charge in [-0.25, -0.2) is 4.98 Å². The summed E-state index contributed by atoms with van der Waals surface area (Å²) >= 11 is 4.70. The summed E-state index contributed by atoms with van der Waals surface area (Å²) in [5.41, 5.74) is 3.50. The van der Waals surface area contributed by atoms with Crippen LogP contribution in [0.5, 0.6) is 0 Å². The van der Waals surface area contributed by atoms with Crippen molar-refractivity contribution in [3.05, 3.63) is 51.6 Å². The van der Waals surface area contributed by atoms with Crippen molar-refractivity contribution in [3.8, 4) is 6.07 Å². The number of rotatable bonds is 4. The predicted octanol–water partition coefficient (Wildman–Crippen LogP) is 4.06. The molecule has 6 heteroatoms. The summed E-state index contributed by atoms with van der Waals surface area (Å²) in [6, 6.07) is 9.37. The number of nitrogens with zero attached hydrogens (tertiary/aromatic N) is 2. The van der Waals surface area contributed by atoms with Crippen LogP contribution >= 0.6 is 27.7 Å². The number of thioether (sulfide) groups is 1. The molecule has 1 amide bonds. The van der Waals surface area contributed by atoms with Gasteiger partial charge in [0.1, 0.15) is 11.1 Å². The summed E-state index contributed by atoms with van der Waals surface area (Å²) < 4.78 is 0.851. The third kappa shape index (κ3) is 4.09. The Hall–Kier alpha value is -1.84. The molecular formula is C16H14BrN3OS. The lowest BCUT2D eigenvalue weighted by molar-refractivity contribution is -0.113. The molecule has 0 saturated heterocycles. The zero-order valence-corrected chi connectivity index (χ0v) is 14.6. The van der Waals surface area contributed by atoms with E-state index < -0.39 is 0 Å². The lowest BCUT2D eigenvalue weighted by Gasteiger charge is -2.10. The van der Waals surface area contributed by atoms with E-state index >= 15 is 0 Å². The smallest absolute Gasteiger partial charge is 0.234 e. The lowest BCUT2D eigenvalue weighted by Crippen LogP contribution is -2.15. The van der Waals surface area contributed by atoms with Gasteiger partial charge >= 0.3 is 0 Å². The fraction of sp³-hybridized carbons (Fsp3) is 0.188. The van der Waals surface area contributed by atoms with Crippen molar-refractivity contribution in [2.75, 3.05) is 11.1 Å². The first-order chi connectivity index (χ1) is 10.5. The molecule has 0 bridgehead atoms. The van der Waals surface area contributed by atoms with Gasteiger partial charge in [0, 0.05) is 10.7 Å². The third-order valence-electron chi connectivity index (χ3n) is 3.09. The summed E-state index contributed by atoms with van der Waals surface area (Å²) in [7, 11) is 0. The van der Waals surface area contributed by atoms with Crippen LogP contribution < -0.4 is 5.32 Å². The summed E-state index contributed by atoms with van der Waals surface area (Å²) in [4.78, 5) is 16.2. The molecule has 1 N–H and O–H groups in total. The first kappa shape index (κ1) is 16.5. The summed E-state index contributed by atoms with van der Waals surface area (Å²) in [6.45, 7) is 4.02. The average molecular weight is 376 g/mol. The topological polar surface area (TPSA) is 65.8 Å². The van der Waals surface area contributed by atoms with Crippen molar-refractivity contribution in [2.24, 2.45) is 0 Å². The van der Waals surface area contributed by atoms with E-state index in [0.29, 0.717) is 10.6 Å². The van der Waals surface area contributed by atoms with E-state index in [0.717, 1.165) is 21.3 Å². The molecule has 0 unspecified atom stereocenters. The normalized spacial score (nSPS) is 10.1. The largest absolute Gasteiger partial charge is 0.324 e. The van der Waals surface area contributed by atoms with E-state index in [1.54, 1.807) is 18.3 Å². The summed E-state index contributed by atoms with van der Waals surface area (Å²) in [5, 5.41) is 12.4. The number of hydrogen-bond acceptors (Lipinski definition) is 4. The van der Waals surface area contributed by atoms with Crippen LogP contribution in [0.3, 0.4) is 0 Å². The Morgan fingerprint density at radius 2 is 2.14 bits per heavy atom. The number of aryl methyl sites for hydroxylation is 2. The number of halogens is 1. The number of nitriles is 1. The van der Waals surface area contributed by atoms with Gasteiger partial charge in [0.25, 0.3) is 0 Å². The molecule has 1 heterocycles. The molecule has 0 spiro atoms. The number of benzene rings is 1. The second-order valence-electron chi connectivity index (χ2n) is 4.72. The highest BCUT2D eigenvalue weighted by atomic mass is 79.9. The van der Waals surface area contributed by atoms with Gasteiger partial charge in [0.05, 0.1) is 17.0 Å². The highest BCUT2D eigenvalue weighted by molar-refractivity contribution is 9.10. The number of hydrogen-bond donors (Lipinski definition) is 1. The van der Waals surface area contributed by atoms with Crippen LogP contribution in [0.4, 0.5) is 5.69 Å². The second-order valence-corrected chi connectivity index (χ2v) is 6.54. The van der Waals surface area contributed by atoms with Crippen LogP contribution in [-0.4, -0.2) is 16.6 Å². The number of nitrogens with one attached hydrogen (secondary N) is 1. The van der Waals surface area contributed by atoms with E-state index in [4.69, 9.17) is 5.26 Å². The van der Waals surface area contributed by atoms with Crippen LogP contribution in [-0.2, 0) is 4.79 Å². The maximum atomic E-state index is 12.1. The maximum Gasteiger partial charge on any atom is 0.234 e. The number of carbonyl (C=O) groups is 1. The zero-order chi connectivity index (χ0) is 16.1. The van der Waals surface area contributed by atoms with E-state index in [-0.39, 0.29) is 11.7 Å². The molecule has 0 aliphatic rings. The molecule has 1 aromatic heterocycles. The summed E-state index contributed by atoms with van der Waals surface area (Å²) in [6.07, 6.45) is 1.61. The zero-order valence-electron chi connectivity index (χ0n) is 12.2. The van der Waals surface area contributed by atoms with E-state index in [1.807, 2.05) is 26.0 Å². The van der Waals surface area contributed by atoms with Crippen molar-refractivity contribution >= 4 is 39.3 Å². The van der Waals surface area contributed by atoms with Gasteiger partial charge in [0.2, 0.25) is 5.91 Å². The Labute approximate surface area is 142 Å². The van der Waals surface area contributed by atoms with Gasteiger partial charge in [-0.15, -0.1) is 0 Å². The second kappa shape index (κ2) is 7.43. The quantitative estimate of drug-likeness (QED) is 0.818. The Morgan fingerprint density at radius 1 is 1.41 bits per heavy atom. The third-order valence-corrected chi connectivity index (χ3v) is 4.75. The van der Waals surface area contributed by atoms with Crippen LogP contribution in [0.1, 0.15) is 16.7 Å².